The summed E-state index contributed by atoms with van der Waals surface area (Å²) in [6, 6.07) is 8.42. The van der Waals surface area contributed by atoms with Gasteiger partial charge in [0.25, 0.3) is 0 Å². The van der Waals surface area contributed by atoms with Crippen LogP contribution in [0.15, 0.2) is 24.3 Å². The molecule has 0 unspecified atom stereocenters. The highest BCUT2D eigenvalue weighted by Crippen LogP contribution is 2.36. The molecule has 3 heteroatoms. The Morgan fingerprint density at radius 1 is 0.905 bits per heavy atom. The number of hydrogen-bond donors (Lipinski definition) is 0. The molecule has 0 heterocycles. The first-order valence-corrected chi connectivity index (χ1v) is 8.15. The second-order valence-corrected chi connectivity index (χ2v) is 7.67. The first-order valence-electron chi connectivity index (χ1n) is 7.62. The van der Waals surface area contributed by atoms with Gasteiger partial charge in [-0.2, -0.15) is 0 Å². The van der Waals surface area contributed by atoms with Crippen LogP contribution in [-0.4, -0.2) is 25.7 Å². The van der Waals surface area contributed by atoms with Gasteiger partial charge in [-0.25, -0.2) is 0 Å². The molecule has 0 N–H and O–H groups in total. The van der Waals surface area contributed by atoms with Crippen LogP contribution < -0.4 is 4.74 Å². The Morgan fingerprint density at radius 3 is 2.05 bits per heavy atom. The van der Waals surface area contributed by atoms with Gasteiger partial charge in [0.1, 0.15) is 12.4 Å². The number of hydrogen-bond acceptors (Lipinski definition) is 2. The summed E-state index contributed by atoms with van der Waals surface area (Å²) >= 11 is 5.54. The molecule has 0 fully saturated rings. The molecule has 0 aliphatic carbocycles. The highest BCUT2D eigenvalue weighted by atomic mass is 35.5. The summed E-state index contributed by atoms with van der Waals surface area (Å²) in [5.74, 6) is 1.41. The molecule has 120 valence electrons. The van der Waals surface area contributed by atoms with E-state index in [0.717, 1.165) is 12.2 Å². The van der Waals surface area contributed by atoms with Crippen molar-refractivity contribution in [3.05, 3.63) is 29.8 Å². The molecule has 0 atom stereocenters. The first-order chi connectivity index (χ1) is 9.74. The molecule has 0 saturated heterocycles. The molecule has 0 saturated carbocycles. The average molecular weight is 313 g/mol. The third-order valence-corrected chi connectivity index (χ3v) is 3.48. The van der Waals surface area contributed by atoms with Crippen LogP contribution in [0.1, 0.15) is 46.6 Å². The highest BCUT2D eigenvalue weighted by molar-refractivity contribution is 6.17. The first kappa shape index (κ1) is 18.3. The number of rotatable bonds is 8. The zero-order chi connectivity index (χ0) is 15.9. The van der Waals surface area contributed by atoms with Gasteiger partial charge in [-0.1, -0.05) is 46.8 Å². The summed E-state index contributed by atoms with van der Waals surface area (Å²) in [6.07, 6.45) is 1.15. The lowest BCUT2D eigenvalue weighted by Crippen LogP contribution is -2.24. The molecule has 0 bridgehead atoms. The lowest BCUT2D eigenvalue weighted by molar-refractivity contribution is 0.111. The molecule has 21 heavy (non-hydrogen) atoms. The predicted molar refractivity (Wildman–Crippen MR) is 90.6 cm³/mol. The maximum absolute atomic E-state index is 5.65. The third kappa shape index (κ3) is 7.19. The Morgan fingerprint density at radius 2 is 1.52 bits per heavy atom. The van der Waals surface area contributed by atoms with Crippen LogP contribution in [0.5, 0.6) is 5.75 Å². The highest BCUT2D eigenvalue weighted by Gasteiger charge is 2.27. The van der Waals surface area contributed by atoms with Crippen molar-refractivity contribution in [3.63, 3.8) is 0 Å². The molecule has 1 rings (SSSR count). The summed E-state index contributed by atoms with van der Waals surface area (Å²) in [5.41, 5.74) is 1.83. The van der Waals surface area contributed by atoms with E-state index < -0.39 is 0 Å². The van der Waals surface area contributed by atoms with Crippen LogP contribution >= 0.6 is 11.6 Å². The summed E-state index contributed by atoms with van der Waals surface area (Å²) in [6.45, 7) is 13.2. The minimum Gasteiger partial charge on any atom is -0.491 e. The van der Waals surface area contributed by atoms with E-state index in [2.05, 4.69) is 46.8 Å². The average Bonchev–Trinajstić information content (AvgIpc) is 2.36. The van der Waals surface area contributed by atoms with E-state index in [9.17, 15) is 0 Å². The largest absolute Gasteiger partial charge is 0.491 e. The zero-order valence-corrected chi connectivity index (χ0v) is 14.8. The van der Waals surface area contributed by atoms with Crippen LogP contribution in [0.2, 0.25) is 0 Å². The van der Waals surface area contributed by atoms with E-state index >= 15 is 0 Å². The monoisotopic (exact) mass is 312 g/mol. The van der Waals surface area contributed by atoms with E-state index in [0.29, 0.717) is 31.1 Å². The van der Waals surface area contributed by atoms with Gasteiger partial charge in [-0.3, -0.25) is 0 Å². The Hall–Kier alpha value is -0.730. The third-order valence-electron chi connectivity index (χ3n) is 3.33. The molecule has 0 spiro atoms. The Bertz CT molecular complexity index is 404. The Balaban J connectivity index is 2.53. The lowest BCUT2D eigenvalue weighted by atomic mass is 9.72. The quantitative estimate of drug-likeness (QED) is 0.495. The summed E-state index contributed by atoms with van der Waals surface area (Å²) in [4.78, 5) is 0. The van der Waals surface area contributed by atoms with Crippen LogP contribution in [0.4, 0.5) is 0 Å². The van der Waals surface area contributed by atoms with Crippen molar-refractivity contribution in [2.24, 2.45) is 5.41 Å². The van der Waals surface area contributed by atoms with E-state index in [1.807, 2.05) is 12.1 Å². The van der Waals surface area contributed by atoms with Crippen molar-refractivity contribution in [1.82, 2.24) is 0 Å². The van der Waals surface area contributed by atoms with Gasteiger partial charge in [0.2, 0.25) is 0 Å². The summed E-state index contributed by atoms with van der Waals surface area (Å²) in [5, 5.41) is 0. The van der Waals surface area contributed by atoms with Crippen LogP contribution in [0, 0.1) is 5.41 Å². The van der Waals surface area contributed by atoms with Crippen molar-refractivity contribution >= 4 is 11.6 Å². The number of benzene rings is 1. The van der Waals surface area contributed by atoms with Crippen LogP contribution in [0.25, 0.3) is 0 Å². The summed E-state index contributed by atoms with van der Waals surface area (Å²) in [7, 11) is 0. The molecule has 1 aromatic carbocycles. The topological polar surface area (TPSA) is 18.5 Å². The minimum absolute atomic E-state index is 0.167. The lowest BCUT2D eigenvalue weighted by Gasteiger charge is -2.33. The molecule has 0 radical (unpaired) electrons. The fourth-order valence-electron chi connectivity index (χ4n) is 2.81. The maximum Gasteiger partial charge on any atom is 0.119 e. The molecule has 1 aromatic rings. The van der Waals surface area contributed by atoms with Gasteiger partial charge < -0.3 is 9.47 Å². The van der Waals surface area contributed by atoms with Gasteiger partial charge in [-0.05, 0) is 34.9 Å². The van der Waals surface area contributed by atoms with Crippen molar-refractivity contribution in [3.8, 4) is 5.75 Å². The van der Waals surface area contributed by atoms with Gasteiger partial charge in [0.15, 0.2) is 0 Å². The molecule has 0 aliphatic heterocycles. The van der Waals surface area contributed by atoms with Crippen molar-refractivity contribution < 1.29 is 9.47 Å². The minimum atomic E-state index is 0.167. The Kier molecular flexibility index (Phi) is 7.02. The normalized spacial score (nSPS) is 12.5. The van der Waals surface area contributed by atoms with E-state index in [-0.39, 0.29) is 5.41 Å². The molecular weight excluding hydrogens is 284 g/mol. The van der Waals surface area contributed by atoms with E-state index in [1.54, 1.807) is 0 Å². The smallest absolute Gasteiger partial charge is 0.119 e. The predicted octanol–water partition coefficient (Wildman–Crippen LogP) is 5.03. The SMILES string of the molecule is CC(C)(C)CC(C)(C)c1ccc(OCCOCCCl)cc1. The molecule has 0 aliphatic rings. The second kappa shape index (κ2) is 8.05. The number of halogens is 1. The van der Waals surface area contributed by atoms with E-state index in [4.69, 9.17) is 21.1 Å². The van der Waals surface area contributed by atoms with Crippen molar-refractivity contribution in [1.29, 1.82) is 0 Å². The molecule has 2 nitrogen and oxygen atoms in total. The zero-order valence-electron chi connectivity index (χ0n) is 14.0. The van der Waals surface area contributed by atoms with Crippen LogP contribution in [0.3, 0.4) is 0 Å². The van der Waals surface area contributed by atoms with E-state index in [1.165, 1.54) is 5.56 Å². The van der Waals surface area contributed by atoms with Crippen molar-refractivity contribution in [2.45, 2.75) is 46.5 Å². The number of ether oxygens (including phenoxy) is 2. The summed E-state index contributed by atoms with van der Waals surface area (Å²) < 4.78 is 10.9. The standard InChI is InChI=1S/C18H29ClO2/c1-17(2,3)14-18(4,5)15-6-8-16(9-7-15)21-13-12-20-11-10-19/h6-9H,10-14H2,1-5H3. The van der Waals surface area contributed by atoms with Crippen molar-refractivity contribution in [2.75, 3.05) is 25.7 Å². The molecular formula is C18H29ClO2. The number of alkyl halides is 1. The molecule has 0 amide bonds. The molecule has 0 aromatic heterocycles. The van der Waals surface area contributed by atoms with Gasteiger partial charge in [-0.15, -0.1) is 11.6 Å². The Labute approximate surface area is 134 Å². The van der Waals surface area contributed by atoms with Gasteiger partial charge >= 0.3 is 0 Å². The fourth-order valence-corrected chi connectivity index (χ4v) is 2.91. The van der Waals surface area contributed by atoms with Gasteiger partial charge in [0.05, 0.1) is 13.2 Å². The van der Waals surface area contributed by atoms with Gasteiger partial charge in [0, 0.05) is 5.88 Å². The maximum atomic E-state index is 5.65. The van der Waals surface area contributed by atoms with Crippen LogP contribution in [-0.2, 0) is 10.2 Å². The second-order valence-electron chi connectivity index (χ2n) is 7.30. The fraction of sp³-hybridized carbons (Fsp3) is 0.667.